The molecule has 86 valence electrons. The number of carbonyl (C=O) groups is 1. The van der Waals surface area contributed by atoms with E-state index in [9.17, 15) is 4.79 Å². The number of hydrogen-bond donors (Lipinski definition) is 0. The van der Waals surface area contributed by atoms with E-state index >= 15 is 0 Å². The van der Waals surface area contributed by atoms with Crippen molar-refractivity contribution in [3.63, 3.8) is 0 Å². The molecule has 0 aromatic heterocycles. The van der Waals surface area contributed by atoms with E-state index in [2.05, 4.69) is 0 Å². The Balaban J connectivity index is 2.15. The Labute approximate surface area is 94.1 Å². The van der Waals surface area contributed by atoms with Crippen LogP contribution in [0.1, 0.15) is 16.8 Å². The molecule has 1 saturated heterocycles. The van der Waals surface area contributed by atoms with E-state index in [0.717, 1.165) is 6.42 Å². The molecule has 1 aromatic rings. The summed E-state index contributed by atoms with van der Waals surface area (Å²) in [5.74, 6) is 0.180. The van der Waals surface area contributed by atoms with Crippen molar-refractivity contribution in [1.29, 1.82) is 0 Å². The van der Waals surface area contributed by atoms with Gasteiger partial charge in [0, 0.05) is 6.42 Å². The maximum atomic E-state index is 11.5. The molecular formula is C12H14O4. The molecule has 1 aliphatic rings. The minimum atomic E-state index is -0.380. The Morgan fingerprint density at radius 2 is 2.25 bits per heavy atom. The van der Waals surface area contributed by atoms with Gasteiger partial charge >= 0.3 is 5.97 Å². The van der Waals surface area contributed by atoms with Crippen molar-refractivity contribution in [1.82, 2.24) is 0 Å². The highest BCUT2D eigenvalue weighted by Crippen LogP contribution is 2.22. The molecule has 0 amide bonds. The molecule has 0 radical (unpaired) electrons. The van der Waals surface area contributed by atoms with Crippen LogP contribution in [0.3, 0.4) is 0 Å². The van der Waals surface area contributed by atoms with E-state index in [4.69, 9.17) is 14.2 Å². The van der Waals surface area contributed by atoms with Gasteiger partial charge in [0.25, 0.3) is 0 Å². The summed E-state index contributed by atoms with van der Waals surface area (Å²) in [5, 5.41) is 0. The highest BCUT2D eigenvalue weighted by molar-refractivity contribution is 5.92. The Bertz CT molecular complexity index is 369. The van der Waals surface area contributed by atoms with Gasteiger partial charge in [0.15, 0.2) is 0 Å². The summed E-state index contributed by atoms with van der Waals surface area (Å²) >= 11 is 0. The van der Waals surface area contributed by atoms with E-state index in [0.29, 0.717) is 24.5 Å². The van der Waals surface area contributed by atoms with Crippen LogP contribution >= 0.6 is 0 Å². The van der Waals surface area contributed by atoms with Crippen molar-refractivity contribution in [2.24, 2.45) is 0 Å². The largest absolute Gasteiger partial charge is 0.487 e. The molecule has 0 N–H and O–H groups in total. The first-order valence-corrected chi connectivity index (χ1v) is 5.23. The van der Waals surface area contributed by atoms with Crippen molar-refractivity contribution in [2.45, 2.75) is 12.5 Å². The Kier molecular flexibility index (Phi) is 3.41. The van der Waals surface area contributed by atoms with E-state index in [1.165, 1.54) is 7.11 Å². The lowest BCUT2D eigenvalue weighted by atomic mass is 10.2. The minimum Gasteiger partial charge on any atom is -0.487 e. The maximum absolute atomic E-state index is 11.5. The first-order chi connectivity index (χ1) is 7.81. The van der Waals surface area contributed by atoms with Crippen LogP contribution in [0, 0.1) is 0 Å². The third-order valence-electron chi connectivity index (χ3n) is 2.47. The van der Waals surface area contributed by atoms with Gasteiger partial charge in [-0.25, -0.2) is 4.79 Å². The number of benzene rings is 1. The summed E-state index contributed by atoms with van der Waals surface area (Å²) in [4.78, 5) is 11.5. The first-order valence-electron chi connectivity index (χ1n) is 5.23. The van der Waals surface area contributed by atoms with E-state index in [-0.39, 0.29) is 12.1 Å². The van der Waals surface area contributed by atoms with Gasteiger partial charge in [0.1, 0.15) is 17.4 Å². The topological polar surface area (TPSA) is 44.8 Å². The molecule has 1 atom stereocenters. The molecule has 4 heteroatoms. The third-order valence-corrected chi connectivity index (χ3v) is 2.47. The number of rotatable bonds is 3. The summed E-state index contributed by atoms with van der Waals surface area (Å²) in [7, 11) is 1.36. The summed E-state index contributed by atoms with van der Waals surface area (Å²) in [6.45, 7) is 1.29. The molecule has 0 bridgehead atoms. The van der Waals surface area contributed by atoms with Crippen LogP contribution < -0.4 is 4.74 Å². The number of ether oxygens (including phenoxy) is 3. The lowest BCUT2D eigenvalue weighted by molar-refractivity contribution is 0.0591. The number of carbonyl (C=O) groups excluding carboxylic acids is 1. The van der Waals surface area contributed by atoms with Crippen LogP contribution in [0.2, 0.25) is 0 Å². The normalized spacial score (nSPS) is 19.4. The summed E-state index contributed by atoms with van der Waals surface area (Å²) < 4.78 is 15.6. The second-order valence-corrected chi connectivity index (χ2v) is 3.59. The molecule has 16 heavy (non-hydrogen) atoms. The number of para-hydroxylation sites is 1. The maximum Gasteiger partial charge on any atom is 0.341 e. The quantitative estimate of drug-likeness (QED) is 0.729. The smallest absolute Gasteiger partial charge is 0.341 e. The fourth-order valence-electron chi connectivity index (χ4n) is 1.63. The number of hydrogen-bond acceptors (Lipinski definition) is 4. The van der Waals surface area contributed by atoms with Gasteiger partial charge in [0.2, 0.25) is 0 Å². The zero-order valence-corrected chi connectivity index (χ0v) is 9.14. The molecule has 0 spiro atoms. The molecule has 0 saturated carbocycles. The van der Waals surface area contributed by atoms with Gasteiger partial charge in [0.05, 0.1) is 20.3 Å². The van der Waals surface area contributed by atoms with Gasteiger partial charge in [-0.15, -0.1) is 0 Å². The average molecular weight is 222 g/mol. The van der Waals surface area contributed by atoms with Crippen LogP contribution in [0.15, 0.2) is 24.3 Å². The molecular weight excluding hydrogens is 208 g/mol. The molecule has 1 aliphatic heterocycles. The minimum absolute atomic E-state index is 0.0332. The van der Waals surface area contributed by atoms with Crippen molar-refractivity contribution in [2.75, 3.05) is 20.3 Å². The zero-order valence-electron chi connectivity index (χ0n) is 9.14. The Morgan fingerprint density at radius 1 is 1.44 bits per heavy atom. The van der Waals surface area contributed by atoms with Crippen LogP contribution in [0.4, 0.5) is 0 Å². The van der Waals surface area contributed by atoms with Crippen molar-refractivity contribution in [3.8, 4) is 5.75 Å². The van der Waals surface area contributed by atoms with Crippen LogP contribution in [0.25, 0.3) is 0 Å². The average Bonchev–Trinajstić information content (AvgIpc) is 2.82. The van der Waals surface area contributed by atoms with Crippen molar-refractivity contribution >= 4 is 5.97 Å². The lowest BCUT2D eigenvalue weighted by Gasteiger charge is -2.14. The number of methoxy groups -OCH3 is 1. The van der Waals surface area contributed by atoms with E-state index < -0.39 is 0 Å². The van der Waals surface area contributed by atoms with Gasteiger partial charge in [-0.2, -0.15) is 0 Å². The standard InChI is InChI=1S/C12H14O4/c1-14-12(13)10-4-2-3-5-11(10)16-9-6-7-15-8-9/h2-5,9H,6-8H2,1H3/t9-/m0/s1. The lowest BCUT2D eigenvalue weighted by Crippen LogP contribution is -2.17. The summed E-state index contributed by atoms with van der Waals surface area (Å²) in [6, 6.07) is 7.07. The Morgan fingerprint density at radius 3 is 2.94 bits per heavy atom. The highest BCUT2D eigenvalue weighted by atomic mass is 16.6. The summed E-state index contributed by atoms with van der Waals surface area (Å²) in [5.41, 5.74) is 0.455. The van der Waals surface area contributed by atoms with Crippen molar-refractivity contribution in [3.05, 3.63) is 29.8 Å². The molecule has 0 aliphatic carbocycles. The molecule has 4 nitrogen and oxygen atoms in total. The monoisotopic (exact) mass is 222 g/mol. The second kappa shape index (κ2) is 4.99. The highest BCUT2D eigenvalue weighted by Gasteiger charge is 2.20. The molecule has 0 unspecified atom stereocenters. The molecule has 1 heterocycles. The van der Waals surface area contributed by atoms with Gasteiger partial charge < -0.3 is 14.2 Å². The predicted octanol–water partition coefficient (Wildman–Crippen LogP) is 1.64. The van der Waals surface area contributed by atoms with Crippen molar-refractivity contribution < 1.29 is 19.0 Å². The van der Waals surface area contributed by atoms with Crippen LogP contribution in [-0.4, -0.2) is 32.4 Å². The summed E-state index contributed by atoms with van der Waals surface area (Å²) in [6.07, 6.45) is 0.890. The Hall–Kier alpha value is -1.55. The SMILES string of the molecule is COC(=O)c1ccccc1O[C@H]1CCOC1. The predicted molar refractivity (Wildman–Crippen MR) is 57.6 cm³/mol. The number of esters is 1. The third kappa shape index (κ3) is 2.33. The van der Waals surface area contributed by atoms with E-state index in [1.807, 2.05) is 6.07 Å². The molecule has 2 rings (SSSR count). The van der Waals surface area contributed by atoms with Gasteiger partial charge in [-0.05, 0) is 12.1 Å². The van der Waals surface area contributed by atoms with Gasteiger partial charge in [-0.1, -0.05) is 12.1 Å². The molecule has 1 fully saturated rings. The fraction of sp³-hybridized carbons (Fsp3) is 0.417. The van der Waals surface area contributed by atoms with Crippen LogP contribution in [-0.2, 0) is 9.47 Å². The van der Waals surface area contributed by atoms with E-state index in [1.54, 1.807) is 18.2 Å². The van der Waals surface area contributed by atoms with Gasteiger partial charge in [-0.3, -0.25) is 0 Å². The second-order valence-electron chi connectivity index (χ2n) is 3.59. The fourth-order valence-corrected chi connectivity index (χ4v) is 1.63. The first kappa shape index (κ1) is 11.0. The zero-order chi connectivity index (χ0) is 11.4. The van der Waals surface area contributed by atoms with Crippen LogP contribution in [0.5, 0.6) is 5.75 Å². The molecule has 1 aromatic carbocycles.